The van der Waals surface area contributed by atoms with Gasteiger partial charge in [0.05, 0.1) is 6.10 Å². The molecular weight excluding hydrogens is 250 g/mol. The lowest BCUT2D eigenvalue weighted by Gasteiger charge is -2.11. The van der Waals surface area contributed by atoms with Crippen molar-refractivity contribution in [3.63, 3.8) is 0 Å². The summed E-state index contributed by atoms with van der Waals surface area (Å²) in [6.07, 6.45) is 3.74. The molecule has 1 amide bonds. The zero-order valence-electron chi connectivity index (χ0n) is 10.5. The summed E-state index contributed by atoms with van der Waals surface area (Å²) in [4.78, 5) is 11.8. The largest absolute Gasteiger partial charge is 0.378 e. The number of anilines is 1. The minimum atomic E-state index is 0.0240. The van der Waals surface area contributed by atoms with Gasteiger partial charge in [-0.2, -0.15) is 0 Å². The molecule has 1 aliphatic rings. The summed E-state index contributed by atoms with van der Waals surface area (Å²) in [6, 6.07) is 5.52. The summed E-state index contributed by atoms with van der Waals surface area (Å²) in [7, 11) is 0. The molecule has 1 aromatic carbocycles. The number of carbonyl (C=O) groups is 1. The highest BCUT2D eigenvalue weighted by Gasteiger charge is 2.17. The second kappa shape index (κ2) is 6.21. The van der Waals surface area contributed by atoms with E-state index in [1.807, 2.05) is 25.1 Å². The van der Waals surface area contributed by atoms with Crippen molar-refractivity contribution in [1.29, 1.82) is 0 Å². The first kappa shape index (κ1) is 13.4. The van der Waals surface area contributed by atoms with Crippen LogP contribution in [-0.2, 0) is 9.53 Å². The number of ether oxygens (including phenoxy) is 1. The van der Waals surface area contributed by atoms with Crippen molar-refractivity contribution in [2.75, 3.05) is 11.9 Å². The Balaban J connectivity index is 1.84. The lowest BCUT2D eigenvalue weighted by molar-refractivity contribution is -0.116. The van der Waals surface area contributed by atoms with Crippen LogP contribution in [0.1, 0.15) is 31.2 Å². The van der Waals surface area contributed by atoms with Gasteiger partial charge in [0, 0.05) is 23.7 Å². The van der Waals surface area contributed by atoms with Crippen molar-refractivity contribution in [1.82, 2.24) is 0 Å². The fraction of sp³-hybridized carbons (Fsp3) is 0.500. The molecule has 1 heterocycles. The topological polar surface area (TPSA) is 38.3 Å². The van der Waals surface area contributed by atoms with E-state index in [1.165, 1.54) is 0 Å². The SMILES string of the molecule is Cc1c(Cl)cccc1NC(=O)CC[C@@H]1CCCO1. The lowest BCUT2D eigenvalue weighted by Crippen LogP contribution is -2.15. The van der Waals surface area contributed by atoms with Crippen LogP contribution < -0.4 is 5.32 Å². The molecule has 0 aromatic heterocycles. The molecule has 3 nitrogen and oxygen atoms in total. The van der Waals surface area contributed by atoms with E-state index >= 15 is 0 Å². The maximum absolute atomic E-state index is 11.8. The lowest BCUT2D eigenvalue weighted by atomic mass is 10.1. The number of halogens is 1. The zero-order valence-corrected chi connectivity index (χ0v) is 11.3. The monoisotopic (exact) mass is 267 g/mol. The van der Waals surface area contributed by atoms with E-state index in [0.717, 1.165) is 37.1 Å². The van der Waals surface area contributed by atoms with Gasteiger partial charge in [0.15, 0.2) is 0 Å². The van der Waals surface area contributed by atoms with Crippen molar-refractivity contribution in [2.45, 2.75) is 38.7 Å². The summed E-state index contributed by atoms with van der Waals surface area (Å²) >= 11 is 6.01. The molecule has 1 aliphatic heterocycles. The van der Waals surface area contributed by atoms with Crippen molar-refractivity contribution < 1.29 is 9.53 Å². The van der Waals surface area contributed by atoms with E-state index in [-0.39, 0.29) is 12.0 Å². The van der Waals surface area contributed by atoms with Crippen LogP contribution in [-0.4, -0.2) is 18.6 Å². The van der Waals surface area contributed by atoms with Gasteiger partial charge in [-0.05, 0) is 43.9 Å². The molecule has 98 valence electrons. The van der Waals surface area contributed by atoms with E-state index in [2.05, 4.69) is 5.32 Å². The van der Waals surface area contributed by atoms with Crippen LogP contribution in [0.5, 0.6) is 0 Å². The number of rotatable bonds is 4. The van der Waals surface area contributed by atoms with Gasteiger partial charge in [0.1, 0.15) is 0 Å². The molecule has 2 rings (SSSR count). The van der Waals surface area contributed by atoms with Crippen LogP contribution in [0.4, 0.5) is 5.69 Å². The number of hydrogen-bond acceptors (Lipinski definition) is 2. The van der Waals surface area contributed by atoms with E-state index in [0.29, 0.717) is 11.4 Å². The second-order valence-electron chi connectivity index (χ2n) is 4.63. The minimum absolute atomic E-state index is 0.0240. The van der Waals surface area contributed by atoms with Crippen LogP contribution in [0, 0.1) is 6.92 Å². The molecule has 0 unspecified atom stereocenters. The van der Waals surface area contributed by atoms with Gasteiger partial charge in [-0.15, -0.1) is 0 Å². The molecule has 1 N–H and O–H groups in total. The molecule has 0 saturated carbocycles. The summed E-state index contributed by atoms with van der Waals surface area (Å²) < 4.78 is 5.50. The van der Waals surface area contributed by atoms with Crippen LogP contribution in [0.25, 0.3) is 0 Å². The third-order valence-corrected chi connectivity index (χ3v) is 3.67. The van der Waals surface area contributed by atoms with E-state index < -0.39 is 0 Å². The highest BCUT2D eigenvalue weighted by atomic mass is 35.5. The van der Waals surface area contributed by atoms with Crippen LogP contribution >= 0.6 is 11.6 Å². The normalized spacial score (nSPS) is 18.9. The van der Waals surface area contributed by atoms with Gasteiger partial charge >= 0.3 is 0 Å². The predicted molar refractivity (Wildman–Crippen MR) is 73.0 cm³/mol. The number of hydrogen-bond donors (Lipinski definition) is 1. The maximum atomic E-state index is 11.8. The molecule has 1 atom stereocenters. The summed E-state index contributed by atoms with van der Waals surface area (Å²) in [5, 5.41) is 3.57. The first-order valence-corrected chi connectivity index (χ1v) is 6.71. The Kier molecular flexibility index (Phi) is 4.61. The molecule has 0 aliphatic carbocycles. The molecule has 0 spiro atoms. The smallest absolute Gasteiger partial charge is 0.224 e. The van der Waals surface area contributed by atoms with Gasteiger partial charge in [0.25, 0.3) is 0 Å². The first-order valence-electron chi connectivity index (χ1n) is 6.33. The number of benzene rings is 1. The van der Waals surface area contributed by atoms with Gasteiger partial charge in [-0.3, -0.25) is 4.79 Å². The van der Waals surface area contributed by atoms with Crippen LogP contribution in [0.3, 0.4) is 0 Å². The average Bonchev–Trinajstić information content (AvgIpc) is 2.86. The van der Waals surface area contributed by atoms with Gasteiger partial charge < -0.3 is 10.1 Å². The van der Waals surface area contributed by atoms with Crippen molar-refractivity contribution in [3.8, 4) is 0 Å². The quantitative estimate of drug-likeness (QED) is 0.906. The summed E-state index contributed by atoms with van der Waals surface area (Å²) in [5.74, 6) is 0.0240. The molecule has 1 aromatic rings. The highest BCUT2D eigenvalue weighted by molar-refractivity contribution is 6.31. The fourth-order valence-electron chi connectivity index (χ4n) is 2.12. The van der Waals surface area contributed by atoms with Crippen LogP contribution in [0.2, 0.25) is 5.02 Å². The first-order chi connectivity index (χ1) is 8.66. The second-order valence-corrected chi connectivity index (χ2v) is 5.04. The van der Waals surface area contributed by atoms with Crippen LogP contribution in [0.15, 0.2) is 18.2 Å². The Hall–Kier alpha value is -1.06. The number of amides is 1. The van der Waals surface area contributed by atoms with E-state index in [4.69, 9.17) is 16.3 Å². The molecular formula is C14H18ClNO2. The minimum Gasteiger partial charge on any atom is -0.378 e. The van der Waals surface area contributed by atoms with Gasteiger partial charge in [-0.1, -0.05) is 17.7 Å². The molecule has 1 saturated heterocycles. The van der Waals surface area contributed by atoms with Crippen molar-refractivity contribution in [3.05, 3.63) is 28.8 Å². The van der Waals surface area contributed by atoms with Crippen molar-refractivity contribution in [2.24, 2.45) is 0 Å². The highest BCUT2D eigenvalue weighted by Crippen LogP contribution is 2.23. The summed E-state index contributed by atoms with van der Waals surface area (Å²) in [6.45, 7) is 2.73. The van der Waals surface area contributed by atoms with Crippen molar-refractivity contribution >= 4 is 23.2 Å². The zero-order chi connectivity index (χ0) is 13.0. The molecule has 1 fully saturated rings. The Labute approximate surface area is 112 Å². The van der Waals surface area contributed by atoms with E-state index in [9.17, 15) is 4.79 Å². The number of nitrogens with one attached hydrogen (secondary N) is 1. The molecule has 4 heteroatoms. The Bertz CT molecular complexity index is 428. The van der Waals surface area contributed by atoms with Gasteiger partial charge in [0.2, 0.25) is 5.91 Å². The Morgan fingerprint density at radius 3 is 3.11 bits per heavy atom. The Morgan fingerprint density at radius 2 is 2.39 bits per heavy atom. The number of carbonyl (C=O) groups excluding carboxylic acids is 1. The molecule has 0 radical (unpaired) electrons. The fourth-order valence-corrected chi connectivity index (χ4v) is 2.29. The predicted octanol–water partition coefficient (Wildman–Crippen LogP) is 3.55. The van der Waals surface area contributed by atoms with Gasteiger partial charge in [-0.25, -0.2) is 0 Å². The maximum Gasteiger partial charge on any atom is 0.224 e. The molecule has 0 bridgehead atoms. The molecule has 18 heavy (non-hydrogen) atoms. The third-order valence-electron chi connectivity index (χ3n) is 3.26. The standard InChI is InChI=1S/C14H18ClNO2/c1-10-12(15)5-2-6-13(10)16-14(17)8-7-11-4-3-9-18-11/h2,5-6,11H,3-4,7-9H2,1H3,(H,16,17)/t11-/m0/s1. The average molecular weight is 268 g/mol. The third kappa shape index (κ3) is 3.47. The Morgan fingerprint density at radius 1 is 1.56 bits per heavy atom. The summed E-state index contributed by atoms with van der Waals surface area (Å²) in [5.41, 5.74) is 1.70. The van der Waals surface area contributed by atoms with E-state index in [1.54, 1.807) is 0 Å².